The first-order chi connectivity index (χ1) is 9.74. The van der Waals surface area contributed by atoms with Gasteiger partial charge in [0.05, 0.1) is 6.10 Å². The van der Waals surface area contributed by atoms with Crippen molar-refractivity contribution in [3.63, 3.8) is 0 Å². The number of carbonyl (C=O) groups excluding carboxylic acids is 1. The lowest BCUT2D eigenvalue weighted by atomic mass is 9.76. The molecule has 0 spiro atoms. The predicted molar refractivity (Wildman–Crippen MR) is 76.8 cm³/mol. The van der Waals surface area contributed by atoms with E-state index in [9.17, 15) is 4.79 Å². The normalized spacial score (nSPS) is 28.1. The monoisotopic (exact) mass is 270 g/mol. The van der Waals surface area contributed by atoms with Gasteiger partial charge in [-0.05, 0) is 31.4 Å². The van der Waals surface area contributed by atoms with E-state index in [2.05, 4.69) is 10.3 Å². The molecule has 4 heteroatoms. The highest BCUT2D eigenvalue weighted by Gasteiger charge is 2.45. The van der Waals surface area contributed by atoms with E-state index in [0.717, 1.165) is 35.9 Å². The largest absolute Gasteiger partial charge is 0.378 e. The van der Waals surface area contributed by atoms with Crippen LogP contribution >= 0.6 is 0 Å². The van der Waals surface area contributed by atoms with E-state index < -0.39 is 0 Å². The molecule has 2 heterocycles. The maximum atomic E-state index is 12.4. The van der Waals surface area contributed by atoms with Gasteiger partial charge in [-0.1, -0.05) is 18.2 Å². The molecule has 2 aliphatic rings. The van der Waals surface area contributed by atoms with Gasteiger partial charge in [0.2, 0.25) is 0 Å². The molecule has 20 heavy (non-hydrogen) atoms. The van der Waals surface area contributed by atoms with Crippen LogP contribution in [0.1, 0.15) is 28.9 Å². The van der Waals surface area contributed by atoms with Crippen molar-refractivity contribution in [3.05, 3.63) is 35.5 Å². The number of carbonyl (C=O) groups is 1. The smallest absolute Gasteiger partial charge is 0.268 e. The Balaban J connectivity index is 1.56. The molecular formula is C16H18N2O2. The number of nitrogens with one attached hydrogen (secondary N) is 2. The van der Waals surface area contributed by atoms with E-state index in [4.69, 9.17) is 4.74 Å². The average Bonchev–Trinajstić information content (AvgIpc) is 2.98. The zero-order valence-corrected chi connectivity index (χ0v) is 11.5. The number of hydrogen-bond acceptors (Lipinski definition) is 2. The molecule has 1 saturated carbocycles. The highest BCUT2D eigenvalue weighted by molar-refractivity contribution is 6.01. The van der Waals surface area contributed by atoms with Gasteiger partial charge in [-0.3, -0.25) is 4.79 Å². The van der Waals surface area contributed by atoms with Crippen LogP contribution in [-0.2, 0) is 4.74 Å². The molecule has 0 unspecified atom stereocenters. The molecule has 1 amide bonds. The third-order valence-electron chi connectivity index (χ3n) is 4.77. The van der Waals surface area contributed by atoms with Crippen molar-refractivity contribution in [2.75, 3.05) is 6.61 Å². The zero-order valence-electron chi connectivity index (χ0n) is 11.5. The zero-order chi connectivity index (χ0) is 13.7. The summed E-state index contributed by atoms with van der Waals surface area (Å²) in [4.78, 5) is 15.7. The lowest BCUT2D eigenvalue weighted by molar-refractivity contribution is 0.00803. The summed E-state index contributed by atoms with van der Waals surface area (Å²) in [5.41, 5.74) is 2.73. The summed E-state index contributed by atoms with van der Waals surface area (Å²) in [5.74, 6) is 0.526. The molecule has 0 radical (unpaired) electrons. The second kappa shape index (κ2) is 4.35. The molecule has 0 bridgehead atoms. The minimum Gasteiger partial charge on any atom is -0.378 e. The van der Waals surface area contributed by atoms with Gasteiger partial charge in [0.25, 0.3) is 5.91 Å². The van der Waals surface area contributed by atoms with E-state index in [1.54, 1.807) is 0 Å². The average molecular weight is 270 g/mol. The van der Waals surface area contributed by atoms with Crippen molar-refractivity contribution in [2.45, 2.75) is 31.9 Å². The SMILES string of the molecule is Cc1c(C(=O)N[C@H]2C[C@@H]3OCC[C@H]23)[nH]c2ccccc12. The number of H-pyrrole nitrogens is 1. The number of aromatic nitrogens is 1. The van der Waals surface area contributed by atoms with Gasteiger partial charge in [-0.2, -0.15) is 0 Å². The van der Waals surface area contributed by atoms with E-state index in [-0.39, 0.29) is 11.9 Å². The van der Waals surface area contributed by atoms with Crippen LogP contribution in [0.2, 0.25) is 0 Å². The Morgan fingerprint density at radius 2 is 2.25 bits per heavy atom. The molecule has 4 nitrogen and oxygen atoms in total. The quantitative estimate of drug-likeness (QED) is 0.880. The molecule has 1 aromatic heterocycles. The van der Waals surface area contributed by atoms with Crippen molar-refractivity contribution < 1.29 is 9.53 Å². The van der Waals surface area contributed by atoms with E-state index >= 15 is 0 Å². The Kier molecular flexibility index (Phi) is 2.60. The van der Waals surface area contributed by atoms with Gasteiger partial charge in [-0.25, -0.2) is 0 Å². The highest BCUT2D eigenvalue weighted by Crippen LogP contribution is 2.38. The Morgan fingerprint density at radius 3 is 3.05 bits per heavy atom. The third kappa shape index (κ3) is 1.68. The Bertz CT molecular complexity index is 676. The Morgan fingerprint density at radius 1 is 1.40 bits per heavy atom. The summed E-state index contributed by atoms with van der Waals surface area (Å²) in [6.07, 6.45) is 2.40. The van der Waals surface area contributed by atoms with E-state index in [1.165, 1.54) is 0 Å². The van der Waals surface area contributed by atoms with Crippen LogP contribution in [0.3, 0.4) is 0 Å². The summed E-state index contributed by atoms with van der Waals surface area (Å²) in [6, 6.07) is 8.30. The number of amides is 1. The van der Waals surface area contributed by atoms with E-state index in [0.29, 0.717) is 17.7 Å². The fourth-order valence-electron chi connectivity index (χ4n) is 3.51. The molecular weight excluding hydrogens is 252 g/mol. The molecule has 3 atom stereocenters. The lowest BCUT2D eigenvalue weighted by Crippen LogP contribution is -2.53. The van der Waals surface area contributed by atoms with Crippen LogP contribution in [0.4, 0.5) is 0 Å². The summed E-state index contributed by atoms with van der Waals surface area (Å²) in [6.45, 7) is 2.84. The van der Waals surface area contributed by atoms with Crippen LogP contribution in [0, 0.1) is 12.8 Å². The molecule has 1 aliphatic carbocycles. The number of aryl methyl sites for hydroxylation is 1. The second-order valence-corrected chi connectivity index (χ2v) is 5.85. The molecule has 2 fully saturated rings. The van der Waals surface area contributed by atoms with Gasteiger partial charge in [0, 0.05) is 29.5 Å². The Labute approximate surface area is 117 Å². The minimum absolute atomic E-state index is 0.00838. The summed E-state index contributed by atoms with van der Waals surface area (Å²) < 4.78 is 5.58. The number of fused-ring (bicyclic) bond motifs is 2. The van der Waals surface area contributed by atoms with Gasteiger partial charge >= 0.3 is 0 Å². The van der Waals surface area contributed by atoms with Gasteiger partial charge in [0.15, 0.2) is 0 Å². The topological polar surface area (TPSA) is 54.1 Å². The second-order valence-electron chi connectivity index (χ2n) is 5.85. The third-order valence-corrected chi connectivity index (χ3v) is 4.77. The maximum absolute atomic E-state index is 12.4. The lowest BCUT2D eigenvalue weighted by Gasteiger charge is -2.39. The summed E-state index contributed by atoms with van der Waals surface area (Å²) in [5, 5.41) is 4.27. The van der Waals surface area contributed by atoms with Crippen molar-refractivity contribution in [1.82, 2.24) is 10.3 Å². The fourth-order valence-corrected chi connectivity index (χ4v) is 3.51. The molecule has 1 aliphatic heterocycles. The van der Waals surface area contributed by atoms with Crippen molar-refractivity contribution in [1.29, 1.82) is 0 Å². The number of rotatable bonds is 2. The fraction of sp³-hybridized carbons (Fsp3) is 0.438. The molecule has 2 aromatic rings. The first-order valence-corrected chi connectivity index (χ1v) is 7.24. The van der Waals surface area contributed by atoms with Gasteiger partial charge < -0.3 is 15.0 Å². The number of hydrogen-bond donors (Lipinski definition) is 2. The maximum Gasteiger partial charge on any atom is 0.268 e. The van der Waals surface area contributed by atoms with Gasteiger partial charge in [0.1, 0.15) is 5.69 Å². The summed E-state index contributed by atoms with van der Waals surface area (Å²) >= 11 is 0. The first kappa shape index (κ1) is 12.0. The number of ether oxygens (including phenoxy) is 1. The van der Waals surface area contributed by atoms with Crippen LogP contribution in [0.15, 0.2) is 24.3 Å². The highest BCUT2D eigenvalue weighted by atomic mass is 16.5. The molecule has 2 N–H and O–H groups in total. The molecule has 104 valence electrons. The van der Waals surface area contributed by atoms with Gasteiger partial charge in [-0.15, -0.1) is 0 Å². The molecule has 1 aromatic carbocycles. The number of benzene rings is 1. The first-order valence-electron chi connectivity index (χ1n) is 7.24. The van der Waals surface area contributed by atoms with Crippen LogP contribution in [0.5, 0.6) is 0 Å². The summed E-state index contributed by atoms with van der Waals surface area (Å²) in [7, 11) is 0. The van der Waals surface area contributed by atoms with Crippen molar-refractivity contribution in [2.24, 2.45) is 5.92 Å². The number of para-hydroxylation sites is 1. The van der Waals surface area contributed by atoms with E-state index in [1.807, 2.05) is 31.2 Å². The van der Waals surface area contributed by atoms with Crippen LogP contribution in [-0.4, -0.2) is 29.6 Å². The predicted octanol–water partition coefficient (Wildman–Crippen LogP) is 2.38. The number of aromatic amines is 1. The molecule has 4 rings (SSSR count). The standard InChI is InChI=1S/C16H18N2O2/c1-9-10-4-2-3-5-12(10)17-15(9)16(19)18-13-8-14-11(13)6-7-20-14/h2-5,11,13-14,17H,6-8H2,1H3,(H,18,19)/t11-,13+,14+/m1/s1. The van der Waals surface area contributed by atoms with Crippen molar-refractivity contribution >= 4 is 16.8 Å². The van der Waals surface area contributed by atoms with Crippen LogP contribution < -0.4 is 5.32 Å². The minimum atomic E-state index is 0.00838. The van der Waals surface area contributed by atoms with Crippen molar-refractivity contribution in [3.8, 4) is 0 Å². The Hall–Kier alpha value is -1.81. The molecule has 1 saturated heterocycles. The van der Waals surface area contributed by atoms with Crippen LogP contribution in [0.25, 0.3) is 10.9 Å².